The third kappa shape index (κ3) is 6.98. The average molecular weight is 424 g/mol. The smallest absolute Gasteiger partial charge is 0.333 e. The Kier molecular flexibility index (Phi) is 10.1. The molecule has 1 aliphatic heterocycles. The first-order valence-electron chi connectivity index (χ1n) is 10.5. The summed E-state index contributed by atoms with van der Waals surface area (Å²) in [5.41, 5.74) is 9.53. The van der Waals surface area contributed by atoms with E-state index >= 15 is 0 Å². The lowest BCUT2D eigenvalue weighted by Crippen LogP contribution is -2.59. The number of carbonyl (C=O) groups excluding carboxylic acids is 2. The molecule has 1 aliphatic carbocycles. The zero-order valence-corrected chi connectivity index (χ0v) is 18.1. The van der Waals surface area contributed by atoms with Crippen LogP contribution in [0.15, 0.2) is 16.8 Å². The molecule has 30 heavy (non-hydrogen) atoms. The van der Waals surface area contributed by atoms with Crippen molar-refractivity contribution in [2.75, 3.05) is 46.6 Å². The van der Waals surface area contributed by atoms with Crippen molar-refractivity contribution in [3.05, 3.63) is 22.1 Å². The number of azide groups is 1. The van der Waals surface area contributed by atoms with Gasteiger partial charge in [0.15, 0.2) is 0 Å². The van der Waals surface area contributed by atoms with Gasteiger partial charge in [-0.2, -0.15) is 0 Å². The van der Waals surface area contributed by atoms with Gasteiger partial charge in [-0.05, 0) is 44.2 Å². The van der Waals surface area contributed by atoms with Gasteiger partial charge in [0.2, 0.25) is 5.91 Å². The van der Waals surface area contributed by atoms with Crippen LogP contribution >= 0.6 is 0 Å². The lowest BCUT2D eigenvalue weighted by molar-refractivity contribution is -0.138. The Morgan fingerprint density at radius 3 is 2.87 bits per heavy atom. The van der Waals surface area contributed by atoms with Gasteiger partial charge in [0.25, 0.3) is 0 Å². The predicted octanol–water partition coefficient (Wildman–Crippen LogP) is 1.81. The zero-order valence-electron chi connectivity index (χ0n) is 18.1. The van der Waals surface area contributed by atoms with Gasteiger partial charge >= 0.3 is 5.97 Å². The van der Waals surface area contributed by atoms with Gasteiger partial charge in [-0.25, -0.2) is 4.79 Å². The maximum atomic E-state index is 12.4. The number of carbonyl (C=O) groups is 2. The van der Waals surface area contributed by atoms with Crippen LogP contribution in [0.2, 0.25) is 0 Å². The third-order valence-electron chi connectivity index (χ3n) is 5.45. The van der Waals surface area contributed by atoms with Crippen LogP contribution in [0.25, 0.3) is 10.4 Å². The molecular weight excluding hydrogens is 390 g/mol. The van der Waals surface area contributed by atoms with Crippen molar-refractivity contribution in [2.24, 2.45) is 11.0 Å². The molecule has 0 aromatic rings. The quantitative estimate of drug-likeness (QED) is 0.188. The van der Waals surface area contributed by atoms with Crippen LogP contribution in [-0.4, -0.2) is 81.5 Å². The SMILES string of the molecule is CCOC(=O)C1=C[C@@H](N2CCC[C@H](COCCOC)C2)[C@H](NC(C)=O)C(N=[N+]=[N-])C1. The summed E-state index contributed by atoms with van der Waals surface area (Å²) in [5, 5.41) is 6.84. The molecule has 1 amide bonds. The summed E-state index contributed by atoms with van der Waals surface area (Å²) >= 11 is 0. The number of nitrogens with zero attached hydrogens (tertiary/aromatic N) is 4. The van der Waals surface area contributed by atoms with E-state index in [2.05, 4.69) is 20.2 Å². The molecule has 0 spiro atoms. The Morgan fingerprint density at radius 2 is 2.20 bits per heavy atom. The van der Waals surface area contributed by atoms with Gasteiger partial charge in [0.05, 0.1) is 38.5 Å². The lowest BCUT2D eigenvalue weighted by Gasteiger charge is -2.44. The first-order chi connectivity index (χ1) is 14.5. The predicted molar refractivity (Wildman–Crippen MR) is 111 cm³/mol. The molecule has 1 saturated heterocycles. The number of ether oxygens (including phenoxy) is 3. The summed E-state index contributed by atoms with van der Waals surface area (Å²) in [4.78, 5) is 29.5. The Hall–Kier alpha value is -2.13. The summed E-state index contributed by atoms with van der Waals surface area (Å²) in [6, 6.07) is -1.24. The van der Waals surface area contributed by atoms with E-state index in [0.29, 0.717) is 31.3 Å². The van der Waals surface area contributed by atoms with Crippen LogP contribution < -0.4 is 5.32 Å². The highest BCUT2D eigenvalue weighted by molar-refractivity contribution is 5.89. The lowest BCUT2D eigenvalue weighted by atomic mass is 9.84. The van der Waals surface area contributed by atoms with E-state index in [1.807, 2.05) is 6.08 Å². The number of hydrogen-bond acceptors (Lipinski definition) is 7. The largest absolute Gasteiger partial charge is 0.463 e. The molecule has 0 aromatic heterocycles. The molecular formula is C20H33N5O5. The minimum absolute atomic E-state index is 0.201. The van der Waals surface area contributed by atoms with Gasteiger partial charge < -0.3 is 19.5 Å². The van der Waals surface area contributed by atoms with E-state index in [9.17, 15) is 9.59 Å². The Bertz CT molecular complexity index is 664. The summed E-state index contributed by atoms with van der Waals surface area (Å²) in [7, 11) is 1.64. The van der Waals surface area contributed by atoms with Crippen LogP contribution in [-0.2, 0) is 23.8 Å². The van der Waals surface area contributed by atoms with Crippen molar-refractivity contribution >= 4 is 11.9 Å². The van der Waals surface area contributed by atoms with Crippen LogP contribution in [0, 0.1) is 5.92 Å². The first-order valence-corrected chi connectivity index (χ1v) is 10.5. The molecule has 168 valence electrons. The van der Waals surface area contributed by atoms with Crippen LogP contribution in [0.5, 0.6) is 0 Å². The highest BCUT2D eigenvalue weighted by Gasteiger charge is 2.40. The monoisotopic (exact) mass is 423 g/mol. The molecule has 1 unspecified atom stereocenters. The maximum Gasteiger partial charge on any atom is 0.333 e. The van der Waals surface area contributed by atoms with Gasteiger partial charge in [0.1, 0.15) is 0 Å². The van der Waals surface area contributed by atoms with E-state index < -0.39 is 18.1 Å². The Balaban J connectivity index is 2.22. The molecule has 1 heterocycles. The second kappa shape index (κ2) is 12.5. The number of piperidine rings is 1. The Labute approximate surface area is 177 Å². The molecule has 0 aromatic carbocycles. The standard InChI is InChI=1S/C20H33N5O5/c1-4-30-20(27)16-10-17(23-24-21)19(22-14(2)26)18(11-16)25-7-5-6-15(12-25)13-29-9-8-28-3/h11,15,17-19H,4-10,12-13H2,1-3H3,(H,22,26)/t15-,17?,18+,19+/m0/s1. The van der Waals surface area contributed by atoms with Crippen molar-refractivity contribution in [2.45, 2.75) is 51.2 Å². The zero-order chi connectivity index (χ0) is 21.9. The molecule has 1 N–H and O–H groups in total. The fourth-order valence-corrected chi connectivity index (χ4v) is 4.16. The van der Waals surface area contributed by atoms with Crippen molar-refractivity contribution in [3.63, 3.8) is 0 Å². The van der Waals surface area contributed by atoms with E-state index in [1.54, 1.807) is 14.0 Å². The number of methoxy groups -OCH3 is 1. The van der Waals surface area contributed by atoms with Gasteiger partial charge in [-0.3, -0.25) is 9.69 Å². The summed E-state index contributed by atoms with van der Waals surface area (Å²) < 4.78 is 15.9. The number of esters is 1. The minimum atomic E-state index is -0.563. The first kappa shape index (κ1) is 24.1. The number of nitrogens with one attached hydrogen (secondary N) is 1. The molecule has 2 rings (SSSR count). The van der Waals surface area contributed by atoms with Crippen molar-refractivity contribution in [3.8, 4) is 0 Å². The Morgan fingerprint density at radius 1 is 1.40 bits per heavy atom. The van der Waals surface area contributed by atoms with Crippen LogP contribution in [0.4, 0.5) is 0 Å². The molecule has 4 atom stereocenters. The fraction of sp³-hybridized carbons (Fsp3) is 0.800. The average Bonchev–Trinajstić information content (AvgIpc) is 2.72. The minimum Gasteiger partial charge on any atom is -0.463 e. The highest BCUT2D eigenvalue weighted by Crippen LogP contribution is 2.29. The maximum absolute atomic E-state index is 12.4. The third-order valence-corrected chi connectivity index (χ3v) is 5.45. The summed E-state index contributed by atoms with van der Waals surface area (Å²) in [6.07, 6.45) is 4.14. The van der Waals surface area contributed by atoms with Gasteiger partial charge in [-0.15, -0.1) is 0 Å². The van der Waals surface area contributed by atoms with Crippen molar-refractivity contribution in [1.82, 2.24) is 10.2 Å². The topological polar surface area (TPSA) is 126 Å². The summed E-state index contributed by atoms with van der Waals surface area (Å²) in [5.74, 6) is -0.265. The number of rotatable bonds is 10. The molecule has 10 heteroatoms. The normalized spacial score (nSPS) is 27.0. The van der Waals surface area contributed by atoms with Crippen LogP contribution in [0.1, 0.15) is 33.1 Å². The molecule has 0 radical (unpaired) electrons. The number of amides is 1. The molecule has 0 bridgehead atoms. The van der Waals surface area contributed by atoms with Crippen molar-refractivity contribution in [1.29, 1.82) is 0 Å². The number of likely N-dealkylation sites (tertiary alicyclic amines) is 1. The van der Waals surface area contributed by atoms with Crippen molar-refractivity contribution < 1.29 is 23.8 Å². The highest BCUT2D eigenvalue weighted by atomic mass is 16.5. The second-order valence-electron chi connectivity index (χ2n) is 7.68. The molecule has 2 aliphatic rings. The van der Waals surface area contributed by atoms with Gasteiger partial charge in [0, 0.05) is 37.1 Å². The van der Waals surface area contributed by atoms with Crippen LogP contribution in [0.3, 0.4) is 0 Å². The molecule has 1 fully saturated rings. The fourth-order valence-electron chi connectivity index (χ4n) is 4.16. The van der Waals surface area contributed by atoms with E-state index in [4.69, 9.17) is 19.7 Å². The van der Waals surface area contributed by atoms with E-state index in [-0.39, 0.29) is 25.0 Å². The second-order valence-corrected chi connectivity index (χ2v) is 7.68. The van der Waals surface area contributed by atoms with Gasteiger partial charge in [-0.1, -0.05) is 11.2 Å². The van der Waals surface area contributed by atoms with E-state index in [1.165, 1.54) is 6.92 Å². The molecule has 0 saturated carbocycles. The molecule has 10 nitrogen and oxygen atoms in total. The van der Waals surface area contributed by atoms with E-state index in [0.717, 1.165) is 25.9 Å². The number of hydrogen-bond donors (Lipinski definition) is 1. The summed E-state index contributed by atoms with van der Waals surface area (Å²) in [6.45, 7) is 6.80.